The van der Waals surface area contributed by atoms with E-state index in [0.29, 0.717) is 13.0 Å². The van der Waals surface area contributed by atoms with Crippen LogP contribution in [0.3, 0.4) is 0 Å². The van der Waals surface area contributed by atoms with Gasteiger partial charge in [0.05, 0.1) is 26.6 Å². The molecule has 0 aromatic carbocycles. The Morgan fingerprint density at radius 1 is 1.33 bits per heavy atom. The molecular weight excluding hydrogens is 392 g/mol. The maximum Gasteiger partial charge on any atom is 0.264 e. The summed E-state index contributed by atoms with van der Waals surface area (Å²) in [5.41, 5.74) is 0.865. The first-order valence-electron chi connectivity index (χ1n) is 8.01. The van der Waals surface area contributed by atoms with Crippen molar-refractivity contribution in [2.24, 2.45) is 0 Å². The van der Waals surface area contributed by atoms with Gasteiger partial charge in [0.15, 0.2) is 0 Å². The molecule has 2 aromatic rings. The lowest BCUT2D eigenvalue weighted by atomic mass is 10.3. The number of anilines is 1. The lowest BCUT2D eigenvalue weighted by Crippen LogP contribution is -2.28. The van der Waals surface area contributed by atoms with Gasteiger partial charge >= 0.3 is 0 Å². The molecule has 0 radical (unpaired) electrons. The molecule has 0 spiro atoms. The summed E-state index contributed by atoms with van der Waals surface area (Å²) in [5.74, 6) is 0.247. The molecule has 0 bridgehead atoms. The van der Waals surface area contributed by atoms with Crippen LogP contribution >= 0.6 is 27.3 Å². The molecular formula is C16H17BrN4O2S. The molecule has 2 amide bonds. The number of aromatic nitrogens is 2. The van der Waals surface area contributed by atoms with E-state index in [-0.39, 0.29) is 17.9 Å². The summed E-state index contributed by atoms with van der Waals surface area (Å²) in [5, 5.41) is 4.43. The van der Waals surface area contributed by atoms with Crippen molar-refractivity contribution >= 4 is 44.8 Å². The van der Waals surface area contributed by atoms with Gasteiger partial charge < -0.3 is 9.80 Å². The highest BCUT2D eigenvalue weighted by Crippen LogP contribution is 2.29. The number of rotatable bonds is 3. The average Bonchev–Trinajstić information content (AvgIpc) is 3.33. The van der Waals surface area contributed by atoms with Gasteiger partial charge in [-0.05, 0) is 40.9 Å². The van der Waals surface area contributed by atoms with Crippen LogP contribution < -0.4 is 4.90 Å². The van der Waals surface area contributed by atoms with Gasteiger partial charge in [0, 0.05) is 32.3 Å². The second-order valence-electron chi connectivity index (χ2n) is 6.12. The number of hydrogen-bond donors (Lipinski definition) is 0. The van der Waals surface area contributed by atoms with Crippen LogP contribution in [-0.4, -0.2) is 46.1 Å². The molecule has 2 fully saturated rings. The molecule has 24 heavy (non-hydrogen) atoms. The Balaban J connectivity index is 1.44. The molecule has 6 nitrogen and oxygen atoms in total. The van der Waals surface area contributed by atoms with E-state index in [0.717, 1.165) is 40.3 Å². The quantitative estimate of drug-likeness (QED) is 0.784. The van der Waals surface area contributed by atoms with Gasteiger partial charge in [-0.25, -0.2) is 0 Å². The Hall–Kier alpha value is -1.67. The van der Waals surface area contributed by atoms with Crippen molar-refractivity contribution in [1.29, 1.82) is 0 Å². The molecule has 2 aliphatic heterocycles. The number of halogens is 1. The standard InChI is InChI=1S/C16H17BrN4O2S/c17-14-4-3-13(24-14)16(23)19-7-5-11(9-19)21-10-12(8-18-21)20-6-1-2-15(20)22/h3-4,8,10-11H,1-2,5-7,9H2. The number of carbonyl (C=O) groups is 2. The SMILES string of the molecule is O=C(c1ccc(Br)s1)N1CCC(n2cc(N3CCCC3=O)cn2)C1. The zero-order chi connectivity index (χ0) is 16.7. The van der Waals surface area contributed by atoms with E-state index in [9.17, 15) is 9.59 Å². The topological polar surface area (TPSA) is 58.4 Å². The number of thiophene rings is 1. The van der Waals surface area contributed by atoms with Gasteiger partial charge in [0.25, 0.3) is 5.91 Å². The monoisotopic (exact) mass is 408 g/mol. The number of hydrogen-bond acceptors (Lipinski definition) is 4. The Morgan fingerprint density at radius 3 is 2.92 bits per heavy atom. The molecule has 2 aliphatic rings. The van der Waals surface area contributed by atoms with Crippen LogP contribution in [0.15, 0.2) is 28.3 Å². The van der Waals surface area contributed by atoms with Crippen molar-refractivity contribution in [2.75, 3.05) is 24.5 Å². The zero-order valence-electron chi connectivity index (χ0n) is 13.0. The first kappa shape index (κ1) is 15.8. The van der Waals surface area contributed by atoms with E-state index >= 15 is 0 Å². The summed E-state index contributed by atoms with van der Waals surface area (Å²) in [6, 6.07) is 3.93. The zero-order valence-corrected chi connectivity index (χ0v) is 15.4. The maximum absolute atomic E-state index is 12.5. The summed E-state index contributed by atoms with van der Waals surface area (Å²) in [6.45, 7) is 2.16. The molecule has 126 valence electrons. The van der Waals surface area contributed by atoms with Crippen LogP contribution in [0.1, 0.15) is 35.0 Å². The Kier molecular flexibility index (Phi) is 4.17. The van der Waals surface area contributed by atoms with Crippen molar-refractivity contribution in [1.82, 2.24) is 14.7 Å². The highest BCUT2D eigenvalue weighted by atomic mass is 79.9. The van der Waals surface area contributed by atoms with Gasteiger partial charge in [0.2, 0.25) is 5.91 Å². The molecule has 4 heterocycles. The van der Waals surface area contributed by atoms with Gasteiger partial charge in [0.1, 0.15) is 0 Å². The maximum atomic E-state index is 12.5. The minimum Gasteiger partial charge on any atom is -0.336 e. The van der Waals surface area contributed by atoms with Crippen LogP contribution in [0.25, 0.3) is 0 Å². The fraction of sp³-hybridized carbons (Fsp3) is 0.438. The van der Waals surface area contributed by atoms with Gasteiger partial charge in [-0.1, -0.05) is 0 Å². The molecule has 8 heteroatoms. The summed E-state index contributed by atoms with van der Waals surface area (Å²) < 4.78 is 2.87. The van der Waals surface area contributed by atoms with E-state index in [1.54, 1.807) is 11.1 Å². The van der Waals surface area contributed by atoms with Crippen LogP contribution in [0.2, 0.25) is 0 Å². The highest BCUT2D eigenvalue weighted by Gasteiger charge is 2.30. The largest absolute Gasteiger partial charge is 0.336 e. The third-order valence-electron chi connectivity index (χ3n) is 4.58. The first-order chi connectivity index (χ1) is 11.6. The third-order valence-corrected chi connectivity index (χ3v) is 6.19. The van der Waals surface area contributed by atoms with Crippen LogP contribution in [0, 0.1) is 0 Å². The smallest absolute Gasteiger partial charge is 0.264 e. The minimum atomic E-state index is 0.0790. The first-order valence-corrected chi connectivity index (χ1v) is 9.62. The van der Waals surface area contributed by atoms with Crippen molar-refractivity contribution in [3.63, 3.8) is 0 Å². The number of nitrogens with zero attached hydrogens (tertiary/aromatic N) is 4. The molecule has 2 aromatic heterocycles. The fourth-order valence-electron chi connectivity index (χ4n) is 3.32. The molecule has 2 saturated heterocycles. The summed E-state index contributed by atoms with van der Waals surface area (Å²) in [7, 11) is 0. The van der Waals surface area contributed by atoms with E-state index < -0.39 is 0 Å². The summed E-state index contributed by atoms with van der Waals surface area (Å²) in [6.07, 6.45) is 6.10. The number of carbonyl (C=O) groups excluding carboxylic acids is 2. The lowest BCUT2D eigenvalue weighted by molar-refractivity contribution is -0.117. The number of amides is 2. The third kappa shape index (κ3) is 2.88. The second kappa shape index (κ2) is 6.33. The second-order valence-corrected chi connectivity index (χ2v) is 8.59. The molecule has 0 N–H and O–H groups in total. The van der Waals surface area contributed by atoms with Crippen molar-refractivity contribution < 1.29 is 9.59 Å². The fourth-order valence-corrected chi connectivity index (χ4v) is 4.67. The van der Waals surface area contributed by atoms with E-state index in [1.165, 1.54) is 11.3 Å². The normalized spacial score (nSPS) is 21.0. The van der Waals surface area contributed by atoms with Gasteiger partial charge in [-0.15, -0.1) is 11.3 Å². The predicted octanol–water partition coefficient (Wildman–Crippen LogP) is 2.92. The average molecular weight is 409 g/mol. The molecule has 0 aliphatic carbocycles. The van der Waals surface area contributed by atoms with E-state index in [2.05, 4.69) is 21.0 Å². The molecule has 4 rings (SSSR count). The van der Waals surface area contributed by atoms with Gasteiger partial charge in [-0.2, -0.15) is 5.10 Å². The van der Waals surface area contributed by atoms with Crippen molar-refractivity contribution in [3.05, 3.63) is 33.2 Å². The van der Waals surface area contributed by atoms with E-state index in [1.807, 2.05) is 27.9 Å². The Labute approximate surface area is 152 Å². The summed E-state index contributed by atoms with van der Waals surface area (Å²) >= 11 is 4.86. The van der Waals surface area contributed by atoms with Crippen molar-refractivity contribution in [3.8, 4) is 0 Å². The Morgan fingerprint density at radius 2 is 2.21 bits per heavy atom. The van der Waals surface area contributed by atoms with Gasteiger partial charge in [-0.3, -0.25) is 14.3 Å². The highest BCUT2D eigenvalue weighted by molar-refractivity contribution is 9.11. The van der Waals surface area contributed by atoms with E-state index in [4.69, 9.17) is 0 Å². The number of likely N-dealkylation sites (tertiary alicyclic amines) is 1. The summed E-state index contributed by atoms with van der Waals surface area (Å²) in [4.78, 5) is 28.8. The van der Waals surface area contributed by atoms with Crippen LogP contribution in [0.5, 0.6) is 0 Å². The molecule has 0 saturated carbocycles. The van der Waals surface area contributed by atoms with Crippen molar-refractivity contribution in [2.45, 2.75) is 25.3 Å². The minimum absolute atomic E-state index is 0.0790. The van der Waals surface area contributed by atoms with Crippen LogP contribution in [0.4, 0.5) is 5.69 Å². The Bertz CT molecular complexity index is 787. The predicted molar refractivity (Wildman–Crippen MR) is 95.4 cm³/mol. The lowest BCUT2D eigenvalue weighted by Gasteiger charge is -2.16. The van der Waals surface area contributed by atoms with Crippen LogP contribution in [-0.2, 0) is 4.79 Å². The molecule has 1 unspecified atom stereocenters. The molecule has 1 atom stereocenters.